The molecule has 0 aliphatic rings. The molecule has 0 spiro atoms. The topological polar surface area (TPSA) is 172 Å². The first kappa shape index (κ1) is 53.2. The first-order valence-corrected chi connectivity index (χ1v) is 22.8. The number of phosphoric ester groups is 1. The van der Waals surface area contributed by atoms with E-state index in [0.717, 1.165) is 51.4 Å². The van der Waals surface area contributed by atoms with Gasteiger partial charge in [0.25, 0.3) is 0 Å². The predicted octanol–water partition coefficient (Wildman–Crippen LogP) is 11.2. The summed E-state index contributed by atoms with van der Waals surface area (Å²) in [5, 5.41) is 8.88. The highest BCUT2D eigenvalue weighted by molar-refractivity contribution is 7.47. The Labute approximate surface area is 338 Å². The number of hydrogen-bond acceptors (Lipinski definition) is 9. The van der Waals surface area contributed by atoms with Crippen molar-refractivity contribution < 1.29 is 47.5 Å². The van der Waals surface area contributed by atoms with Crippen LogP contribution in [0.5, 0.6) is 0 Å². The molecule has 0 saturated heterocycles. The van der Waals surface area contributed by atoms with Crippen molar-refractivity contribution in [1.82, 2.24) is 0 Å². The lowest BCUT2D eigenvalue weighted by atomic mass is 10.0. The smallest absolute Gasteiger partial charge is 0.472 e. The van der Waals surface area contributed by atoms with Crippen molar-refractivity contribution >= 4 is 25.7 Å². The Bertz CT molecular complexity index is 1170. The van der Waals surface area contributed by atoms with Crippen LogP contribution in [-0.2, 0) is 37.5 Å². The van der Waals surface area contributed by atoms with E-state index in [0.29, 0.717) is 19.3 Å². The highest BCUT2D eigenvalue weighted by atomic mass is 31.2. The molecule has 0 amide bonds. The van der Waals surface area contributed by atoms with Gasteiger partial charge in [0.2, 0.25) is 0 Å². The van der Waals surface area contributed by atoms with E-state index >= 15 is 0 Å². The fraction of sp³-hybridized carbons (Fsp3) is 0.705. The molecule has 12 heteroatoms. The van der Waals surface area contributed by atoms with E-state index in [1.165, 1.54) is 77.0 Å². The number of carboxylic acids is 1. The van der Waals surface area contributed by atoms with Crippen LogP contribution in [0, 0.1) is 0 Å². The van der Waals surface area contributed by atoms with Crippen molar-refractivity contribution in [3.8, 4) is 0 Å². The molecular weight excluding hydrogens is 733 g/mol. The number of ether oxygens (including phenoxy) is 2. The Morgan fingerprint density at radius 3 is 1.57 bits per heavy atom. The van der Waals surface area contributed by atoms with Crippen LogP contribution < -0.4 is 5.73 Å². The number of carbonyl (C=O) groups is 3. The third kappa shape index (κ3) is 38.1. The fourth-order valence-electron chi connectivity index (χ4n) is 5.51. The quantitative estimate of drug-likeness (QED) is 0.0233. The van der Waals surface area contributed by atoms with Crippen molar-refractivity contribution in [1.29, 1.82) is 0 Å². The summed E-state index contributed by atoms with van der Waals surface area (Å²) in [5.74, 6) is -2.46. The number of aliphatic carboxylic acids is 1. The Balaban J connectivity index is 4.46. The molecule has 0 aromatic heterocycles. The molecule has 4 N–H and O–H groups in total. The van der Waals surface area contributed by atoms with E-state index in [4.69, 9.17) is 24.8 Å². The maximum Gasteiger partial charge on any atom is 0.472 e. The van der Waals surface area contributed by atoms with Gasteiger partial charge in [0.15, 0.2) is 6.10 Å². The number of phosphoric acid groups is 1. The van der Waals surface area contributed by atoms with Crippen LogP contribution in [0.15, 0.2) is 61.3 Å². The molecule has 0 fully saturated rings. The molecule has 11 nitrogen and oxygen atoms in total. The molecule has 0 radical (unpaired) electrons. The van der Waals surface area contributed by atoms with E-state index < -0.39 is 51.1 Å². The van der Waals surface area contributed by atoms with Crippen LogP contribution in [-0.4, -0.2) is 59.9 Å². The second kappa shape index (κ2) is 39.0. The Hall–Kier alpha value is -2.82. The van der Waals surface area contributed by atoms with Crippen LogP contribution in [0.25, 0.3) is 0 Å². The summed E-state index contributed by atoms with van der Waals surface area (Å²) in [4.78, 5) is 45.9. The van der Waals surface area contributed by atoms with Gasteiger partial charge in [0.05, 0.1) is 13.2 Å². The second-order valence-electron chi connectivity index (χ2n) is 14.2. The van der Waals surface area contributed by atoms with Crippen LogP contribution in [0.1, 0.15) is 167 Å². The number of unbranched alkanes of at least 4 members (excludes halogenated alkanes) is 17. The third-order valence-corrected chi connectivity index (χ3v) is 9.84. The Morgan fingerprint density at radius 2 is 1.05 bits per heavy atom. The van der Waals surface area contributed by atoms with Crippen molar-refractivity contribution in [2.45, 2.75) is 180 Å². The number of hydrogen-bond donors (Lipinski definition) is 3. The molecule has 0 heterocycles. The van der Waals surface area contributed by atoms with Gasteiger partial charge in [-0.05, 0) is 64.2 Å². The van der Waals surface area contributed by atoms with Crippen LogP contribution in [0.4, 0.5) is 0 Å². The number of allylic oxidation sites excluding steroid dienone is 9. The minimum Gasteiger partial charge on any atom is -0.480 e. The Morgan fingerprint density at radius 1 is 0.607 bits per heavy atom. The number of nitrogens with two attached hydrogens (primary N) is 1. The molecule has 56 heavy (non-hydrogen) atoms. The van der Waals surface area contributed by atoms with Gasteiger partial charge in [0.1, 0.15) is 12.6 Å². The molecular formula is C44H76NO10P. The second-order valence-corrected chi connectivity index (χ2v) is 15.7. The average molecular weight is 810 g/mol. The van der Waals surface area contributed by atoms with Gasteiger partial charge in [-0.3, -0.25) is 23.4 Å². The van der Waals surface area contributed by atoms with E-state index in [1.54, 1.807) is 0 Å². The van der Waals surface area contributed by atoms with Gasteiger partial charge in [-0.25, -0.2) is 4.57 Å². The zero-order valence-corrected chi connectivity index (χ0v) is 35.4. The molecule has 0 bridgehead atoms. The van der Waals surface area contributed by atoms with E-state index in [1.807, 2.05) is 18.2 Å². The minimum atomic E-state index is -4.73. The van der Waals surface area contributed by atoms with Crippen LogP contribution >= 0.6 is 7.82 Å². The molecule has 0 saturated carbocycles. The standard InChI is InChI=1S/C44H76NO10P/c1-3-5-7-9-11-13-15-17-19-20-22-23-25-27-29-31-33-35-42(46)52-37-40(38-53-56(50,51)54-39-41(45)44(48)49)55-43(47)36-34-32-30-28-26-24-21-18-16-14-12-10-8-6-4-2/h4,11,13,17,19,22-23,27,29,40-41H,2-3,5-10,12,14-16,18,20-21,24-26,28,30-39,45H2,1H3,(H,48,49)(H,50,51)/b13-11+,19-17+,23-22+,29-27+/t40-,41+/m1/s1. The SMILES string of the molecule is C=CCCCCCCCCCCCCCCCC(=O)O[C@H](COC(=O)CCC/C=C/C/C=C/C/C=C/C/C=C/CCCCC)COP(=O)(O)OC[C@H](N)C(=O)O. The number of carboxylic acid groups (broad SMARTS) is 1. The summed E-state index contributed by atoms with van der Waals surface area (Å²) < 4.78 is 32.6. The molecule has 0 aromatic rings. The number of rotatable bonds is 40. The zero-order chi connectivity index (χ0) is 41.4. The number of carbonyl (C=O) groups excluding carboxylic acids is 2. The first-order chi connectivity index (χ1) is 27.1. The normalized spacial score (nSPS) is 14.1. The lowest BCUT2D eigenvalue weighted by Crippen LogP contribution is -2.34. The van der Waals surface area contributed by atoms with Crippen molar-refractivity contribution in [3.05, 3.63) is 61.3 Å². The lowest BCUT2D eigenvalue weighted by molar-refractivity contribution is -0.161. The van der Waals surface area contributed by atoms with Gasteiger partial charge in [-0.1, -0.05) is 145 Å². The summed E-state index contributed by atoms with van der Waals surface area (Å²) in [5.41, 5.74) is 5.32. The van der Waals surface area contributed by atoms with E-state index in [2.05, 4.69) is 54.5 Å². The van der Waals surface area contributed by atoms with Crippen molar-refractivity contribution in [2.75, 3.05) is 19.8 Å². The third-order valence-electron chi connectivity index (χ3n) is 8.88. The first-order valence-electron chi connectivity index (χ1n) is 21.3. The highest BCUT2D eigenvalue weighted by Gasteiger charge is 2.28. The monoisotopic (exact) mass is 810 g/mol. The maximum atomic E-state index is 12.6. The summed E-state index contributed by atoms with van der Waals surface area (Å²) in [6.07, 6.45) is 43.3. The summed E-state index contributed by atoms with van der Waals surface area (Å²) in [6, 6.07) is -1.53. The van der Waals surface area contributed by atoms with Crippen LogP contribution in [0.3, 0.4) is 0 Å². The molecule has 0 rings (SSSR count). The maximum absolute atomic E-state index is 12.6. The molecule has 322 valence electrons. The molecule has 0 aliphatic heterocycles. The number of esters is 2. The molecule has 0 aromatic carbocycles. The zero-order valence-electron chi connectivity index (χ0n) is 34.5. The predicted molar refractivity (Wildman–Crippen MR) is 226 cm³/mol. The van der Waals surface area contributed by atoms with Crippen molar-refractivity contribution in [3.63, 3.8) is 0 Å². The Kier molecular flexibility index (Phi) is 37.1. The summed E-state index contributed by atoms with van der Waals surface area (Å²) in [6.45, 7) is 4.23. The largest absolute Gasteiger partial charge is 0.480 e. The van der Waals surface area contributed by atoms with Gasteiger partial charge < -0.3 is 25.2 Å². The molecule has 1 unspecified atom stereocenters. The average Bonchev–Trinajstić information content (AvgIpc) is 3.17. The van der Waals surface area contributed by atoms with Crippen molar-refractivity contribution in [2.24, 2.45) is 5.73 Å². The van der Waals surface area contributed by atoms with Gasteiger partial charge >= 0.3 is 25.7 Å². The van der Waals surface area contributed by atoms with Crippen LogP contribution in [0.2, 0.25) is 0 Å². The summed E-state index contributed by atoms with van der Waals surface area (Å²) in [7, 11) is -4.73. The minimum absolute atomic E-state index is 0.144. The summed E-state index contributed by atoms with van der Waals surface area (Å²) >= 11 is 0. The van der Waals surface area contributed by atoms with E-state index in [9.17, 15) is 23.8 Å². The van der Waals surface area contributed by atoms with Gasteiger partial charge in [-0.2, -0.15) is 0 Å². The lowest BCUT2D eigenvalue weighted by Gasteiger charge is -2.20. The van der Waals surface area contributed by atoms with Gasteiger partial charge in [-0.15, -0.1) is 6.58 Å². The fourth-order valence-corrected chi connectivity index (χ4v) is 6.29. The highest BCUT2D eigenvalue weighted by Crippen LogP contribution is 2.43. The molecule has 0 aliphatic carbocycles. The van der Waals surface area contributed by atoms with E-state index in [-0.39, 0.29) is 19.4 Å². The molecule has 3 atom stereocenters. The van der Waals surface area contributed by atoms with Gasteiger partial charge in [0, 0.05) is 12.8 Å².